The van der Waals surface area contributed by atoms with Gasteiger partial charge in [0.25, 0.3) is 5.91 Å². The first kappa shape index (κ1) is 22.9. The fourth-order valence-electron chi connectivity index (χ4n) is 2.99. The molecule has 2 rings (SSSR count). The Balaban J connectivity index is 2.28. The van der Waals surface area contributed by atoms with Crippen LogP contribution in [-0.4, -0.2) is 31.5 Å². The predicted molar refractivity (Wildman–Crippen MR) is 117 cm³/mol. The number of rotatable bonds is 7. The molecule has 2 aromatic rings. The number of benzene rings is 2. The third kappa shape index (κ3) is 6.60. The lowest BCUT2D eigenvalue weighted by atomic mass is 9.86. The van der Waals surface area contributed by atoms with E-state index in [1.165, 1.54) is 5.56 Å². The molecule has 0 saturated carbocycles. The number of carbonyl (C=O) groups excluding carboxylic acids is 1. The Labute approximate surface area is 174 Å². The fourth-order valence-corrected chi connectivity index (χ4v) is 3.45. The number of amides is 1. The fraction of sp³-hybridized carbons (Fsp3) is 0.435. The monoisotopic (exact) mass is 417 g/mol. The van der Waals surface area contributed by atoms with Gasteiger partial charge < -0.3 is 9.08 Å². The second-order valence-electron chi connectivity index (χ2n) is 8.45. The third-order valence-electron chi connectivity index (χ3n) is 4.88. The van der Waals surface area contributed by atoms with E-state index in [9.17, 15) is 13.2 Å². The first-order valence-electron chi connectivity index (χ1n) is 9.80. The normalized spacial score (nSPS) is 13.0. The lowest BCUT2D eigenvalue weighted by Gasteiger charge is -2.29. The summed E-state index contributed by atoms with van der Waals surface area (Å²) in [4.78, 5) is 15.0. The van der Waals surface area contributed by atoms with Gasteiger partial charge in [0.15, 0.2) is 0 Å². The van der Waals surface area contributed by atoms with Gasteiger partial charge in [0, 0.05) is 18.2 Å². The van der Waals surface area contributed by atoms with E-state index in [0.29, 0.717) is 12.1 Å². The molecule has 0 heterocycles. The van der Waals surface area contributed by atoms with Crippen LogP contribution in [0, 0.1) is 0 Å². The molecule has 29 heavy (non-hydrogen) atoms. The summed E-state index contributed by atoms with van der Waals surface area (Å²) in [5, 5.41) is 0. The molecule has 0 bridgehead atoms. The highest BCUT2D eigenvalue weighted by molar-refractivity contribution is 7.86. The van der Waals surface area contributed by atoms with Gasteiger partial charge in [0.05, 0.1) is 6.26 Å². The van der Waals surface area contributed by atoms with Crippen molar-refractivity contribution in [2.24, 2.45) is 0 Å². The summed E-state index contributed by atoms with van der Waals surface area (Å²) in [6.45, 7) is 10.8. The average Bonchev–Trinajstić information content (AvgIpc) is 2.63. The van der Waals surface area contributed by atoms with Crippen LogP contribution < -0.4 is 4.18 Å². The molecule has 0 aromatic heterocycles. The maximum Gasteiger partial charge on any atom is 0.306 e. The largest absolute Gasteiger partial charge is 0.383 e. The Kier molecular flexibility index (Phi) is 7.11. The molecular weight excluding hydrogens is 386 g/mol. The van der Waals surface area contributed by atoms with Crippen molar-refractivity contribution in [2.45, 2.75) is 59.0 Å². The smallest absolute Gasteiger partial charge is 0.306 e. The second kappa shape index (κ2) is 8.99. The summed E-state index contributed by atoms with van der Waals surface area (Å²) >= 11 is 0. The minimum absolute atomic E-state index is 0.0258. The highest BCUT2D eigenvalue weighted by atomic mass is 32.2. The van der Waals surface area contributed by atoms with Gasteiger partial charge in [-0.05, 0) is 54.2 Å². The summed E-state index contributed by atoms with van der Waals surface area (Å²) in [5.41, 5.74) is 2.65. The number of nitrogens with zero attached hydrogens (tertiary/aromatic N) is 1. The first-order chi connectivity index (χ1) is 13.4. The SMILES string of the molecule is CC[C@H](C)N(Cc1cccc(OS(C)(=O)=O)c1)C(=O)c1ccc(C(C)(C)C)cc1. The van der Waals surface area contributed by atoms with Crippen molar-refractivity contribution in [3.63, 3.8) is 0 Å². The molecule has 2 aromatic carbocycles. The van der Waals surface area contributed by atoms with E-state index in [0.717, 1.165) is 18.2 Å². The van der Waals surface area contributed by atoms with Crippen molar-refractivity contribution in [1.29, 1.82) is 0 Å². The van der Waals surface area contributed by atoms with Crippen LogP contribution in [0.1, 0.15) is 62.5 Å². The lowest BCUT2D eigenvalue weighted by molar-refractivity contribution is 0.0671. The van der Waals surface area contributed by atoms with Gasteiger partial charge in [-0.15, -0.1) is 0 Å². The van der Waals surface area contributed by atoms with E-state index in [-0.39, 0.29) is 23.1 Å². The molecule has 1 amide bonds. The highest BCUT2D eigenvalue weighted by Crippen LogP contribution is 2.24. The molecular formula is C23H31NO4S. The Morgan fingerprint density at radius 3 is 2.24 bits per heavy atom. The zero-order chi connectivity index (χ0) is 21.8. The molecule has 1 atom stereocenters. The number of hydrogen-bond acceptors (Lipinski definition) is 4. The van der Waals surface area contributed by atoms with Crippen LogP contribution in [0.4, 0.5) is 0 Å². The standard InChI is InChI=1S/C23H31NO4S/c1-7-17(2)24(16-18-9-8-10-21(15-18)28-29(6,26)27)22(25)19-11-13-20(14-12-19)23(3,4)5/h8-15,17H,7,16H2,1-6H3/t17-/m0/s1. The van der Waals surface area contributed by atoms with Gasteiger partial charge in [0.2, 0.25) is 0 Å². The summed E-state index contributed by atoms with van der Waals surface area (Å²) in [7, 11) is -3.60. The maximum absolute atomic E-state index is 13.2. The number of carbonyl (C=O) groups is 1. The minimum atomic E-state index is -3.60. The molecule has 0 aliphatic heterocycles. The molecule has 0 spiro atoms. The molecule has 0 radical (unpaired) electrons. The predicted octanol–water partition coefficient (Wildman–Crippen LogP) is 4.76. The maximum atomic E-state index is 13.2. The molecule has 6 heteroatoms. The average molecular weight is 418 g/mol. The van der Waals surface area contributed by atoms with Crippen LogP contribution in [-0.2, 0) is 22.1 Å². The molecule has 0 saturated heterocycles. The van der Waals surface area contributed by atoms with Crippen LogP contribution in [0.25, 0.3) is 0 Å². The van der Waals surface area contributed by atoms with Gasteiger partial charge in [-0.1, -0.05) is 52.0 Å². The third-order valence-corrected chi connectivity index (χ3v) is 5.38. The quantitative estimate of drug-likeness (QED) is 0.609. The molecule has 0 fully saturated rings. The molecule has 0 N–H and O–H groups in total. The van der Waals surface area contributed by atoms with Gasteiger partial charge >= 0.3 is 10.1 Å². The van der Waals surface area contributed by atoms with Crippen LogP contribution in [0.15, 0.2) is 48.5 Å². The van der Waals surface area contributed by atoms with E-state index < -0.39 is 10.1 Å². The van der Waals surface area contributed by atoms with Crippen LogP contribution >= 0.6 is 0 Å². The van der Waals surface area contributed by atoms with E-state index in [1.807, 2.05) is 49.1 Å². The van der Waals surface area contributed by atoms with Crippen molar-refractivity contribution < 1.29 is 17.4 Å². The van der Waals surface area contributed by atoms with Gasteiger partial charge in [-0.2, -0.15) is 8.42 Å². The molecule has 0 aliphatic carbocycles. The Morgan fingerprint density at radius 1 is 1.10 bits per heavy atom. The van der Waals surface area contributed by atoms with Crippen LogP contribution in [0.3, 0.4) is 0 Å². The topological polar surface area (TPSA) is 63.7 Å². The minimum Gasteiger partial charge on any atom is -0.383 e. The van der Waals surface area contributed by atoms with Gasteiger partial charge in [-0.25, -0.2) is 0 Å². The zero-order valence-electron chi connectivity index (χ0n) is 18.1. The van der Waals surface area contributed by atoms with Crippen LogP contribution in [0.5, 0.6) is 5.75 Å². The van der Waals surface area contributed by atoms with Crippen molar-refractivity contribution >= 4 is 16.0 Å². The second-order valence-corrected chi connectivity index (χ2v) is 10.0. The summed E-state index contributed by atoms with van der Waals surface area (Å²) in [6.07, 6.45) is 1.82. The molecule has 0 unspecified atom stereocenters. The molecule has 158 valence electrons. The first-order valence-corrected chi connectivity index (χ1v) is 11.6. The van der Waals surface area contributed by atoms with E-state index in [4.69, 9.17) is 4.18 Å². The van der Waals surface area contributed by atoms with Gasteiger partial charge in [0.1, 0.15) is 5.75 Å². The van der Waals surface area contributed by atoms with Crippen LogP contribution in [0.2, 0.25) is 0 Å². The van der Waals surface area contributed by atoms with E-state index in [2.05, 4.69) is 20.8 Å². The molecule has 0 aliphatic rings. The van der Waals surface area contributed by atoms with Crippen molar-refractivity contribution in [2.75, 3.05) is 6.26 Å². The van der Waals surface area contributed by atoms with E-state index >= 15 is 0 Å². The Bertz CT molecular complexity index is 944. The summed E-state index contributed by atoms with van der Waals surface area (Å²) < 4.78 is 27.8. The molecule has 5 nitrogen and oxygen atoms in total. The van der Waals surface area contributed by atoms with Crippen molar-refractivity contribution in [3.8, 4) is 5.75 Å². The Hall–Kier alpha value is -2.34. The summed E-state index contributed by atoms with van der Waals surface area (Å²) in [6, 6.07) is 14.6. The highest BCUT2D eigenvalue weighted by Gasteiger charge is 2.22. The van der Waals surface area contributed by atoms with E-state index in [1.54, 1.807) is 18.2 Å². The van der Waals surface area contributed by atoms with Crippen molar-refractivity contribution in [1.82, 2.24) is 4.90 Å². The number of hydrogen-bond donors (Lipinski definition) is 0. The van der Waals surface area contributed by atoms with Crippen molar-refractivity contribution in [3.05, 3.63) is 65.2 Å². The Morgan fingerprint density at radius 2 is 1.72 bits per heavy atom. The van der Waals surface area contributed by atoms with Gasteiger partial charge in [-0.3, -0.25) is 4.79 Å². The lowest BCUT2D eigenvalue weighted by Crippen LogP contribution is -2.37. The zero-order valence-corrected chi connectivity index (χ0v) is 18.9. The summed E-state index contributed by atoms with van der Waals surface area (Å²) in [5.74, 6) is 0.199.